The fraction of sp³-hybridized carbons (Fsp3) is 0.364. The molecule has 0 atom stereocenters. The first kappa shape index (κ1) is 19.4. The Morgan fingerprint density at radius 1 is 0.967 bits per heavy atom. The highest BCUT2D eigenvalue weighted by atomic mass is 32.2. The van der Waals surface area contributed by atoms with Crippen molar-refractivity contribution in [3.63, 3.8) is 0 Å². The van der Waals surface area contributed by atoms with E-state index < -0.39 is 10.0 Å². The van der Waals surface area contributed by atoms with Gasteiger partial charge in [0.15, 0.2) is 0 Å². The van der Waals surface area contributed by atoms with Crippen LogP contribution < -0.4 is 5.32 Å². The lowest BCUT2D eigenvalue weighted by Gasteiger charge is -2.32. The lowest BCUT2D eigenvalue weighted by molar-refractivity contribution is 0.329. The molecular weight excluding hydrogens is 403 g/mol. The van der Waals surface area contributed by atoms with Gasteiger partial charge in [-0.3, -0.25) is 9.97 Å². The van der Waals surface area contributed by atoms with Crippen molar-refractivity contribution in [2.24, 2.45) is 0 Å². The maximum absolute atomic E-state index is 13.7. The molecule has 30 heavy (non-hydrogen) atoms. The summed E-state index contributed by atoms with van der Waals surface area (Å²) in [7, 11) is -3.11. The molecule has 1 aromatic carbocycles. The van der Waals surface area contributed by atoms with Gasteiger partial charge in [-0.2, -0.15) is 0 Å². The number of sulfonamides is 1. The van der Waals surface area contributed by atoms with Gasteiger partial charge in [0.1, 0.15) is 5.82 Å². The number of fused-ring (bicyclic) bond motifs is 1. The van der Waals surface area contributed by atoms with E-state index in [4.69, 9.17) is 0 Å². The van der Waals surface area contributed by atoms with Crippen molar-refractivity contribution in [3.8, 4) is 11.1 Å². The molecule has 0 radical (unpaired) electrons. The number of aromatic nitrogens is 2. The molecule has 2 fully saturated rings. The van der Waals surface area contributed by atoms with E-state index >= 15 is 0 Å². The van der Waals surface area contributed by atoms with Gasteiger partial charge in [-0.05, 0) is 60.9 Å². The summed E-state index contributed by atoms with van der Waals surface area (Å²) in [5.74, 6) is -0.374. The van der Waals surface area contributed by atoms with Gasteiger partial charge in [-0.15, -0.1) is 0 Å². The molecule has 1 saturated carbocycles. The van der Waals surface area contributed by atoms with E-state index in [1.165, 1.54) is 12.3 Å². The Kier molecular flexibility index (Phi) is 4.91. The Morgan fingerprint density at radius 2 is 1.77 bits per heavy atom. The van der Waals surface area contributed by atoms with Crippen LogP contribution in [0.1, 0.15) is 25.7 Å². The van der Waals surface area contributed by atoms with Gasteiger partial charge in [0.25, 0.3) is 0 Å². The molecule has 1 aliphatic heterocycles. The van der Waals surface area contributed by atoms with Crippen LogP contribution in [0.4, 0.5) is 10.1 Å². The summed E-state index contributed by atoms with van der Waals surface area (Å²) in [6.45, 7) is 1.08. The van der Waals surface area contributed by atoms with Gasteiger partial charge < -0.3 is 5.32 Å². The van der Waals surface area contributed by atoms with Crippen molar-refractivity contribution in [3.05, 3.63) is 54.9 Å². The van der Waals surface area contributed by atoms with Crippen LogP contribution in [0.25, 0.3) is 21.9 Å². The van der Waals surface area contributed by atoms with Crippen molar-refractivity contribution in [2.75, 3.05) is 18.4 Å². The molecule has 0 amide bonds. The lowest BCUT2D eigenvalue weighted by Crippen LogP contribution is -2.43. The number of halogens is 1. The van der Waals surface area contributed by atoms with Gasteiger partial charge in [0.05, 0.1) is 11.4 Å². The Balaban J connectivity index is 1.40. The molecule has 1 aliphatic carbocycles. The first-order chi connectivity index (χ1) is 14.5. The maximum atomic E-state index is 13.7. The number of nitrogens with zero attached hydrogens (tertiary/aromatic N) is 3. The minimum absolute atomic E-state index is 0.159. The number of hydrogen-bond donors (Lipinski definition) is 1. The van der Waals surface area contributed by atoms with E-state index in [1.807, 2.05) is 24.4 Å². The van der Waals surface area contributed by atoms with E-state index in [1.54, 1.807) is 16.7 Å². The van der Waals surface area contributed by atoms with Crippen molar-refractivity contribution in [2.45, 2.75) is 37.0 Å². The summed E-state index contributed by atoms with van der Waals surface area (Å²) in [5, 5.41) is 5.42. The van der Waals surface area contributed by atoms with Crippen molar-refractivity contribution >= 4 is 26.5 Å². The molecule has 3 aromatic rings. The molecule has 0 bridgehead atoms. The molecule has 5 rings (SSSR count). The van der Waals surface area contributed by atoms with E-state index in [0.717, 1.165) is 47.7 Å². The highest BCUT2D eigenvalue weighted by Crippen LogP contribution is 2.34. The minimum atomic E-state index is -3.11. The van der Waals surface area contributed by atoms with Gasteiger partial charge in [-0.1, -0.05) is 0 Å². The van der Waals surface area contributed by atoms with Crippen molar-refractivity contribution in [1.29, 1.82) is 0 Å². The quantitative estimate of drug-likeness (QED) is 0.672. The molecule has 1 saturated heterocycles. The first-order valence-corrected chi connectivity index (χ1v) is 11.8. The SMILES string of the molecule is O=S(=O)(C1CC1)N1CCC(Nc2cc(-c3cncc(F)c3)cc3ccncc23)CC1. The number of rotatable bonds is 5. The summed E-state index contributed by atoms with van der Waals surface area (Å²) in [6.07, 6.45) is 9.48. The van der Waals surface area contributed by atoms with E-state index in [9.17, 15) is 12.8 Å². The van der Waals surface area contributed by atoms with Crippen LogP contribution >= 0.6 is 0 Å². The highest BCUT2D eigenvalue weighted by Gasteiger charge is 2.41. The lowest BCUT2D eigenvalue weighted by atomic mass is 10.00. The third-order valence-electron chi connectivity index (χ3n) is 5.91. The second-order valence-corrected chi connectivity index (χ2v) is 10.3. The molecule has 156 valence electrons. The average molecular weight is 427 g/mol. The van der Waals surface area contributed by atoms with Crippen molar-refractivity contribution < 1.29 is 12.8 Å². The number of benzene rings is 1. The Hall–Kier alpha value is -2.58. The number of hydrogen-bond acceptors (Lipinski definition) is 5. The Bertz CT molecular complexity index is 1190. The van der Waals surface area contributed by atoms with Crippen LogP contribution in [0.5, 0.6) is 0 Å². The zero-order valence-corrected chi connectivity index (χ0v) is 17.3. The topological polar surface area (TPSA) is 75.2 Å². The molecular formula is C22H23FN4O2S. The van der Waals surface area contributed by atoms with Crippen molar-refractivity contribution in [1.82, 2.24) is 14.3 Å². The second-order valence-electron chi connectivity index (χ2n) is 8.07. The fourth-order valence-corrected chi connectivity index (χ4v) is 5.98. The second kappa shape index (κ2) is 7.59. The highest BCUT2D eigenvalue weighted by molar-refractivity contribution is 7.90. The molecule has 0 unspecified atom stereocenters. The largest absolute Gasteiger partial charge is 0.382 e. The zero-order valence-electron chi connectivity index (χ0n) is 16.5. The molecule has 8 heteroatoms. The first-order valence-electron chi connectivity index (χ1n) is 10.2. The summed E-state index contributed by atoms with van der Waals surface area (Å²) < 4.78 is 40.3. The van der Waals surface area contributed by atoms with Crippen LogP contribution in [0, 0.1) is 5.82 Å². The van der Waals surface area contributed by atoms with Crippen LogP contribution in [0.3, 0.4) is 0 Å². The molecule has 2 aliphatic rings. The molecule has 0 spiro atoms. The number of pyridine rings is 2. The number of anilines is 1. The monoisotopic (exact) mass is 426 g/mol. The molecule has 6 nitrogen and oxygen atoms in total. The number of piperidine rings is 1. The molecule has 1 N–H and O–H groups in total. The van der Waals surface area contributed by atoms with E-state index in [2.05, 4.69) is 15.3 Å². The third-order valence-corrected chi connectivity index (χ3v) is 8.31. The van der Waals surface area contributed by atoms with Crippen LogP contribution in [0.2, 0.25) is 0 Å². The zero-order chi connectivity index (χ0) is 20.7. The van der Waals surface area contributed by atoms with E-state index in [0.29, 0.717) is 18.7 Å². The smallest absolute Gasteiger partial charge is 0.216 e. The van der Waals surface area contributed by atoms with Crippen LogP contribution in [0.15, 0.2) is 49.1 Å². The minimum Gasteiger partial charge on any atom is -0.382 e. The Morgan fingerprint density at radius 3 is 2.50 bits per heavy atom. The average Bonchev–Trinajstić information content (AvgIpc) is 3.60. The van der Waals surface area contributed by atoms with E-state index in [-0.39, 0.29) is 17.1 Å². The van der Waals surface area contributed by atoms with Gasteiger partial charge >= 0.3 is 0 Å². The summed E-state index contributed by atoms with van der Waals surface area (Å²) in [4.78, 5) is 8.22. The normalized spacial score (nSPS) is 18.6. The number of nitrogens with one attached hydrogen (secondary N) is 1. The predicted molar refractivity (Wildman–Crippen MR) is 115 cm³/mol. The molecule has 3 heterocycles. The summed E-state index contributed by atoms with van der Waals surface area (Å²) >= 11 is 0. The molecule has 2 aromatic heterocycles. The summed E-state index contributed by atoms with van der Waals surface area (Å²) in [6, 6.07) is 7.57. The summed E-state index contributed by atoms with van der Waals surface area (Å²) in [5.41, 5.74) is 2.50. The van der Waals surface area contributed by atoms with Crippen LogP contribution in [-0.4, -0.2) is 47.1 Å². The maximum Gasteiger partial charge on any atom is 0.216 e. The van der Waals surface area contributed by atoms with Crippen LogP contribution in [-0.2, 0) is 10.0 Å². The van der Waals surface area contributed by atoms with Gasteiger partial charge in [0, 0.05) is 54.4 Å². The fourth-order valence-electron chi connectivity index (χ4n) is 4.11. The van der Waals surface area contributed by atoms with Gasteiger partial charge in [-0.25, -0.2) is 17.1 Å². The van der Waals surface area contributed by atoms with Gasteiger partial charge in [0.2, 0.25) is 10.0 Å². The standard InChI is InChI=1S/C22H23FN4O2S/c23-18-10-17(12-25-13-18)16-9-15-3-6-24-14-21(15)22(11-16)26-19-4-7-27(8-5-19)30(28,29)20-1-2-20/h3,6,9-14,19-20,26H,1-2,4-5,7-8H2. The third kappa shape index (κ3) is 3.77. The predicted octanol–water partition coefficient (Wildman–Crippen LogP) is 3.80. The Labute approximate surface area is 175 Å².